The van der Waals surface area contributed by atoms with E-state index in [9.17, 15) is 9.36 Å². The fraction of sp³-hybridized carbons (Fsp3) is 0.125. The van der Waals surface area contributed by atoms with E-state index >= 15 is 0 Å². The monoisotopic (exact) mass is 329 g/mol. The van der Waals surface area contributed by atoms with E-state index in [1.165, 1.54) is 10.5 Å². The molecule has 1 atom stereocenters. The summed E-state index contributed by atoms with van der Waals surface area (Å²) >= 11 is 0. The van der Waals surface area contributed by atoms with Crippen molar-refractivity contribution in [3.63, 3.8) is 0 Å². The first-order chi connectivity index (χ1) is 11.1. The van der Waals surface area contributed by atoms with E-state index in [1.54, 1.807) is 55.6 Å². The fourth-order valence-electron chi connectivity index (χ4n) is 2.33. The van der Waals surface area contributed by atoms with Gasteiger partial charge in [-0.25, -0.2) is 9.46 Å². The van der Waals surface area contributed by atoms with Crippen LogP contribution >= 0.6 is 7.52 Å². The zero-order valence-corrected chi connectivity index (χ0v) is 13.4. The zero-order valence-electron chi connectivity index (χ0n) is 12.5. The molecule has 3 rings (SSSR count). The summed E-state index contributed by atoms with van der Waals surface area (Å²) in [6.07, 6.45) is 1.61. The van der Waals surface area contributed by atoms with Crippen molar-refractivity contribution >= 4 is 24.9 Å². The van der Waals surface area contributed by atoms with E-state index in [2.05, 4.69) is 10.3 Å². The molecule has 0 saturated carbocycles. The van der Waals surface area contributed by atoms with Crippen LogP contribution in [0.15, 0.2) is 60.5 Å². The Morgan fingerprint density at radius 3 is 2.57 bits per heavy atom. The number of carbonyl (C=O) groups excluding carboxylic acids is 1. The average Bonchev–Trinajstić information content (AvgIpc) is 2.56. The lowest BCUT2D eigenvalue weighted by Crippen LogP contribution is -2.40. The third-order valence-corrected chi connectivity index (χ3v) is 5.44. The molecule has 2 amide bonds. The van der Waals surface area contributed by atoms with E-state index in [4.69, 9.17) is 4.52 Å². The predicted octanol–water partition coefficient (Wildman–Crippen LogP) is 3.84. The number of carbonyl (C=O) groups is 1. The molecule has 0 fully saturated rings. The van der Waals surface area contributed by atoms with Crippen molar-refractivity contribution in [1.29, 1.82) is 0 Å². The molecule has 0 bridgehead atoms. The van der Waals surface area contributed by atoms with Crippen molar-refractivity contribution in [2.75, 3.05) is 11.3 Å². The van der Waals surface area contributed by atoms with Crippen LogP contribution < -0.4 is 9.99 Å². The van der Waals surface area contributed by atoms with Gasteiger partial charge in [0.1, 0.15) is 0 Å². The first-order valence-corrected chi connectivity index (χ1v) is 8.84. The zero-order chi connectivity index (χ0) is 16.3. The second kappa shape index (κ2) is 6.36. The molecule has 1 N–H and O–H groups in total. The van der Waals surface area contributed by atoms with E-state index in [1.807, 2.05) is 6.07 Å². The van der Waals surface area contributed by atoms with Gasteiger partial charge in [-0.1, -0.05) is 24.3 Å². The van der Waals surface area contributed by atoms with Crippen LogP contribution in [0.1, 0.15) is 12.6 Å². The number of aromatic nitrogens is 1. The number of benzene rings is 1. The quantitative estimate of drug-likeness (QED) is 0.865. The van der Waals surface area contributed by atoms with Crippen LogP contribution in [0.4, 0.5) is 10.5 Å². The number of anilines is 1. The molecule has 2 heterocycles. The van der Waals surface area contributed by atoms with Crippen LogP contribution in [-0.4, -0.2) is 17.6 Å². The Bertz CT molecular complexity index is 778. The van der Waals surface area contributed by atoms with Gasteiger partial charge in [-0.2, -0.15) is 0 Å². The van der Waals surface area contributed by atoms with E-state index < -0.39 is 13.6 Å². The van der Waals surface area contributed by atoms with Crippen LogP contribution in [0.2, 0.25) is 0 Å². The van der Waals surface area contributed by atoms with Gasteiger partial charge in [0.05, 0.1) is 23.7 Å². The molecule has 6 nitrogen and oxygen atoms in total. The second-order valence-corrected chi connectivity index (χ2v) is 6.86. The van der Waals surface area contributed by atoms with Gasteiger partial charge < -0.3 is 9.84 Å². The Hall–Kier alpha value is -2.43. The largest absolute Gasteiger partial charge is 0.333 e. The number of nitrogens with one attached hydrogen (secondary N) is 1. The molecule has 1 aromatic carbocycles. The van der Waals surface area contributed by atoms with Crippen LogP contribution in [0.25, 0.3) is 5.70 Å². The fourth-order valence-corrected chi connectivity index (χ4v) is 4.28. The number of nitrogens with zero attached hydrogens (tertiary/aromatic N) is 2. The summed E-state index contributed by atoms with van der Waals surface area (Å²) in [5, 5.41) is 2.73. The summed E-state index contributed by atoms with van der Waals surface area (Å²) in [6.45, 7) is 1.96. The molecular formula is C16H16N3O3P. The molecule has 7 heteroatoms. The van der Waals surface area contributed by atoms with Gasteiger partial charge in [-0.05, 0) is 31.2 Å². The summed E-state index contributed by atoms with van der Waals surface area (Å²) in [5.74, 6) is 1.45. The number of hydrogen-bond acceptors (Lipinski definition) is 4. The normalized spacial score (nSPS) is 20.8. The Kier molecular flexibility index (Phi) is 4.28. The van der Waals surface area contributed by atoms with Crippen LogP contribution in [0.3, 0.4) is 0 Å². The lowest BCUT2D eigenvalue weighted by atomic mass is 10.3. The minimum absolute atomic E-state index is 0.222. The minimum atomic E-state index is -3.50. The highest BCUT2D eigenvalue weighted by atomic mass is 31.2. The topological polar surface area (TPSA) is 71.5 Å². The maximum atomic E-state index is 13.3. The minimum Gasteiger partial charge on any atom is -0.310 e. The smallest absolute Gasteiger partial charge is 0.310 e. The van der Waals surface area contributed by atoms with E-state index in [0.29, 0.717) is 17.1 Å². The molecule has 1 aromatic heterocycles. The number of hydrogen-bond donors (Lipinski definition) is 1. The van der Waals surface area contributed by atoms with Gasteiger partial charge in [0.25, 0.3) is 0 Å². The number of rotatable bonds is 4. The SMILES string of the molecule is CCOP1(=O)C=C(c2ccccn2)NC(=O)N1c1ccccc1. The van der Waals surface area contributed by atoms with Crippen molar-refractivity contribution in [3.8, 4) is 0 Å². The number of pyridine rings is 1. The van der Waals surface area contributed by atoms with Gasteiger partial charge in [0.2, 0.25) is 0 Å². The first-order valence-electron chi connectivity index (χ1n) is 7.19. The second-order valence-electron chi connectivity index (χ2n) is 4.82. The van der Waals surface area contributed by atoms with Gasteiger partial charge in [-0.15, -0.1) is 0 Å². The molecular weight excluding hydrogens is 313 g/mol. The highest BCUT2D eigenvalue weighted by Crippen LogP contribution is 2.57. The van der Waals surface area contributed by atoms with Crippen LogP contribution in [0.5, 0.6) is 0 Å². The van der Waals surface area contributed by atoms with Crippen molar-refractivity contribution in [3.05, 3.63) is 66.2 Å². The number of urea groups is 1. The van der Waals surface area contributed by atoms with Crippen molar-refractivity contribution in [2.24, 2.45) is 0 Å². The van der Waals surface area contributed by atoms with Crippen LogP contribution in [0, 0.1) is 0 Å². The third kappa shape index (κ3) is 3.04. The maximum Gasteiger partial charge on any atom is 0.333 e. The summed E-state index contributed by atoms with van der Waals surface area (Å²) in [4.78, 5) is 16.7. The molecule has 23 heavy (non-hydrogen) atoms. The molecule has 0 saturated heterocycles. The maximum absolute atomic E-state index is 13.3. The van der Waals surface area contributed by atoms with Crippen molar-refractivity contribution in [2.45, 2.75) is 6.92 Å². The van der Waals surface area contributed by atoms with Gasteiger partial charge in [-0.3, -0.25) is 9.55 Å². The van der Waals surface area contributed by atoms with Crippen molar-refractivity contribution in [1.82, 2.24) is 10.3 Å². The summed E-state index contributed by atoms with van der Waals surface area (Å²) in [6, 6.07) is 13.6. The Labute approximate surface area is 134 Å². The van der Waals surface area contributed by atoms with Crippen LogP contribution in [-0.2, 0) is 9.09 Å². The molecule has 0 radical (unpaired) electrons. The first kappa shape index (κ1) is 15.5. The Morgan fingerprint density at radius 2 is 1.91 bits per heavy atom. The Morgan fingerprint density at radius 1 is 1.17 bits per heavy atom. The van der Waals surface area contributed by atoms with E-state index in [-0.39, 0.29) is 6.61 Å². The third-order valence-electron chi connectivity index (χ3n) is 3.26. The summed E-state index contributed by atoms with van der Waals surface area (Å²) in [7, 11) is -3.50. The molecule has 0 aliphatic carbocycles. The lowest BCUT2D eigenvalue weighted by Gasteiger charge is -2.33. The van der Waals surface area contributed by atoms with Gasteiger partial charge >= 0.3 is 13.6 Å². The molecule has 2 aromatic rings. The standard InChI is InChI=1S/C16H16N3O3P/c1-2-22-23(21)12-15(14-10-6-7-11-17-14)18-16(20)19(23)13-8-4-3-5-9-13/h3-12H,2H2,1H3,(H,18,20). The van der Waals surface area contributed by atoms with Gasteiger partial charge in [0, 0.05) is 12.0 Å². The molecule has 0 spiro atoms. The number of para-hydroxylation sites is 1. The molecule has 118 valence electrons. The number of amides is 2. The summed E-state index contributed by atoms with van der Waals surface area (Å²) in [5.41, 5.74) is 1.44. The van der Waals surface area contributed by atoms with Gasteiger partial charge in [0.15, 0.2) is 0 Å². The Balaban J connectivity index is 2.08. The predicted molar refractivity (Wildman–Crippen MR) is 88.9 cm³/mol. The molecule has 1 unspecified atom stereocenters. The van der Waals surface area contributed by atoms with E-state index in [0.717, 1.165) is 0 Å². The lowest BCUT2D eigenvalue weighted by molar-refractivity contribution is 0.250. The summed E-state index contributed by atoms with van der Waals surface area (Å²) < 4.78 is 19.9. The highest BCUT2D eigenvalue weighted by Gasteiger charge is 2.40. The van der Waals surface area contributed by atoms with Crippen molar-refractivity contribution < 1.29 is 13.9 Å². The molecule has 1 aliphatic rings. The highest BCUT2D eigenvalue weighted by molar-refractivity contribution is 7.65. The average molecular weight is 329 g/mol. The molecule has 1 aliphatic heterocycles.